The van der Waals surface area contributed by atoms with E-state index in [-0.39, 0.29) is 24.8 Å². The van der Waals surface area contributed by atoms with Gasteiger partial charge in [-0.1, -0.05) is 6.07 Å². The molecule has 0 aliphatic carbocycles. The molecule has 0 unspecified atom stereocenters. The third-order valence-electron chi connectivity index (χ3n) is 3.09. The maximum Gasteiger partial charge on any atom is 0.309 e. The van der Waals surface area contributed by atoms with Crippen molar-refractivity contribution in [1.29, 1.82) is 0 Å². The number of likely N-dealkylation sites (N-methyl/N-ethyl adjacent to an activating group) is 1. The van der Waals surface area contributed by atoms with Gasteiger partial charge in [-0.25, -0.2) is 4.39 Å². The molecule has 6 heteroatoms. The summed E-state index contributed by atoms with van der Waals surface area (Å²) >= 11 is 0. The highest BCUT2D eigenvalue weighted by atomic mass is 19.1. The average Bonchev–Trinajstić information content (AvgIpc) is 2.37. The fourth-order valence-electron chi connectivity index (χ4n) is 1.57. The van der Waals surface area contributed by atoms with Gasteiger partial charge in [-0.3, -0.25) is 9.59 Å². The summed E-state index contributed by atoms with van der Waals surface area (Å²) in [5.74, 6) is -1.28. The third kappa shape index (κ3) is 5.41. The number of amides is 1. The van der Waals surface area contributed by atoms with Crippen LogP contribution in [0.15, 0.2) is 24.3 Å². The van der Waals surface area contributed by atoms with E-state index in [1.807, 2.05) is 0 Å². The lowest BCUT2D eigenvalue weighted by atomic mass is 9.89. The highest BCUT2D eigenvalue weighted by molar-refractivity contribution is 5.84. The molecule has 1 aromatic carbocycles. The molecule has 0 spiro atoms. The molecule has 1 aromatic rings. The van der Waals surface area contributed by atoms with Crippen LogP contribution in [0.5, 0.6) is 5.75 Å². The van der Waals surface area contributed by atoms with Crippen molar-refractivity contribution in [3.05, 3.63) is 30.1 Å². The molecule has 21 heavy (non-hydrogen) atoms. The first kappa shape index (κ1) is 16.9. The maximum absolute atomic E-state index is 12.9. The topological polar surface area (TPSA) is 66.8 Å². The Kier molecular flexibility index (Phi) is 5.69. The highest BCUT2D eigenvalue weighted by Crippen LogP contribution is 2.21. The lowest BCUT2D eigenvalue weighted by molar-refractivity contribution is -0.151. The quantitative estimate of drug-likeness (QED) is 0.837. The second-order valence-corrected chi connectivity index (χ2v) is 5.49. The molecule has 0 saturated carbocycles. The minimum atomic E-state index is -1.10. The number of carboxylic acids is 1. The smallest absolute Gasteiger partial charge is 0.309 e. The van der Waals surface area contributed by atoms with Gasteiger partial charge >= 0.3 is 5.97 Å². The maximum atomic E-state index is 12.9. The van der Waals surface area contributed by atoms with Gasteiger partial charge in [0.05, 0.1) is 12.0 Å². The molecule has 0 aliphatic heterocycles. The minimum absolute atomic E-state index is 0.0845. The number of nitrogens with zero attached hydrogens (tertiary/aromatic N) is 1. The molecule has 0 aliphatic rings. The van der Waals surface area contributed by atoms with Gasteiger partial charge in [0.25, 0.3) is 0 Å². The molecule has 0 fully saturated rings. The zero-order chi connectivity index (χ0) is 16.0. The number of benzene rings is 1. The summed E-state index contributed by atoms with van der Waals surface area (Å²) < 4.78 is 18.3. The first-order chi connectivity index (χ1) is 9.72. The second-order valence-electron chi connectivity index (χ2n) is 5.49. The molecule has 5 nitrogen and oxygen atoms in total. The van der Waals surface area contributed by atoms with Gasteiger partial charge in [-0.15, -0.1) is 0 Å². The van der Waals surface area contributed by atoms with Crippen LogP contribution in [-0.4, -0.2) is 42.1 Å². The zero-order valence-electron chi connectivity index (χ0n) is 12.4. The summed E-state index contributed by atoms with van der Waals surface area (Å²) in [5, 5.41) is 8.99. The number of ether oxygens (including phenoxy) is 1. The van der Waals surface area contributed by atoms with Crippen molar-refractivity contribution >= 4 is 11.9 Å². The van der Waals surface area contributed by atoms with E-state index < -0.39 is 11.4 Å². The van der Waals surface area contributed by atoms with E-state index in [9.17, 15) is 14.0 Å². The van der Waals surface area contributed by atoms with Gasteiger partial charge in [0, 0.05) is 19.5 Å². The van der Waals surface area contributed by atoms with Crippen LogP contribution in [0.25, 0.3) is 0 Å². The van der Waals surface area contributed by atoms with Crippen LogP contribution in [0, 0.1) is 11.2 Å². The van der Waals surface area contributed by atoms with Crippen LogP contribution in [0.3, 0.4) is 0 Å². The van der Waals surface area contributed by atoms with E-state index in [4.69, 9.17) is 9.84 Å². The van der Waals surface area contributed by atoms with E-state index in [1.165, 1.54) is 36.9 Å². The highest BCUT2D eigenvalue weighted by Gasteiger charge is 2.31. The van der Waals surface area contributed by atoms with Crippen LogP contribution in [0.1, 0.15) is 20.3 Å². The van der Waals surface area contributed by atoms with Crippen LogP contribution in [-0.2, 0) is 9.59 Å². The lowest BCUT2D eigenvalue weighted by Gasteiger charge is -2.23. The molecule has 0 bridgehead atoms. The summed E-state index contributed by atoms with van der Waals surface area (Å²) in [6.07, 6.45) is -0.0845. The summed E-state index contributed by atoms with van der Waals surface area (Å²) in [4.78, 5) is 24.3. The Hall–Kier alpha value is -2.11. The minimum Gasteiger partial charge on any atom is -0.492 e. The molecule has 0 saturated heterocycles. The van der Waals surface area contributed by atoms with Gasteiger partial charge in [-0.05, 0) is 26.0 Å². The average molecular weight is 297 g/mol. The standard InChI is InChI=1S/C15H20FNO4/c1-15(2,14(19)20)10-13(18)17(3)7-8-21-12-6-4-5-11(16)9-12/h4-6,9H,7-8,10H2,1-3H3,(H,19,20). The molecule has 1 rings (SSSR count). The second kappa shape index (κ2) is 7.06. The van der Waals surface area contributed by atoms with Crippen LogP contribution >= 0.6 is 0 Å². The van der Waals surface area contributed by atoms with E-state index in [0.717, 1.165) is 0 Å². The molecule has 1 N–H and O–H groups in total. The van der Waals surface area contributed by atoms with Crippen molar-refractivity contribution in [3.63, 3.8) is 0 Å². The summed E-state index contributed by atoms with van der Waals surface area (Å²) in [5.41, 5.74) is -1.10. The fourth-order valence-corrected chi connectivity index (χ4v) is 1.57. The molecule has 1 amide bonds. The summed E-state index contributed by atoms with van der Waals surface area (Å²) in [6, 6.07) is 5.74. The summed E-state index contributed by atoms with van der Waals surface area (Å²) in [7, 11) is 1.58. The molecule has 0 aromatic heterocycles. The van der Waals surface area contributed by atoms with E-state index in [2.05, 4.69) is 0 Å². The zero-order valence-corrected chi connectivity index (χ0v) is 12.4. The molecule has 0 radical (unpaired) electrons. The Morgan fingerprint density at radius 3 is 2.62 bits per heavy atom. The van der Waals surface area contributed by atoms with Gasteiger partial charge in [0.1, 0.15) is 18.2 Å². The number of hydrogen-bond acceptors (Lipinski definition) is 3. The molecule has 0 atom stereocenters. The molecular weight excluding hydrogens is 277 g/mol. The number of halogens is 1. The number of carbonyl (C=O) groups is 2. The SMILES string of the molecule is CN(CCOc1cccc(F)c1)C(=O)CC(C)(C)C(=O)O. The van der Waals surface area contributed by atoms with Crippen molar-refractivity contribution < 1.29 is 23.8 Å². The van der Waals surface area contributed by atoms with E-state index in [1.54, 1.807) is 13.1 Å². The monoisotopic (exact) mass is 297 g/mol. The lowest BCUT2D eigenvalue weighted by Crippen LogP contribution is -2.36. The molecular formula is C15H20FNO4. The van der Waals surface area contributed by atoms with E-state index in [0.29, 0.717) is 12.3 Å². The number of hydrogen-bond donors (Lipinski definition) is 1. The van der Waals surface area contributed by atoms with E-state index >= 15 is 0 Å². The van der Waals surface area contributed by atoms with Crippen molar-refractivity contribution in [2.75, 3.05) is 20.2 Å². The Bertz CT molecular complexity index is 516. The van der Waals surface area contributed by atoms with Crippen molar-refractivity contribution in [2.45, 2.75) is 20.3 Å². The Morgan fingerprint density at radius 1 is 1.38 bits per heavy atom. The fraction of sp³-hybridized carbons (Fsp3) is 0.467. The van der Waals surface area contributed by atoms with Gasteiger partial charge in [0.15, 0.2) is 0 Å². The van der Waals surface area contributed by atoms with Gasteiger partial charge in [-0.2, -0.15) is 0 Å². The Morgan fingerprint density at radius 2 is 2.05 bits per heavy atom. The normalized spacial score (nSPS) is 11.0. The van der Waals surface area contributed by atoms with Gasteiger partial charge in [0.2, 0.25) is 5.91 Å². The van der Waals surface area contributed by atoms with Gasteiger partial charge < -0.3 is 14.7 Å². The Balaban J connectivity index is 2.41. The largest absolute Gasteiger partial charge is 0.492 e. The van der Waals surface area contributed by atoms with Crippen molar-refractivity contribution in [1.82, 2.24) is 4.90 Å². The third-order valence-corrected chi connectivity index (χ3v) is 3.09. The first-order valence-corrected chi connectivity index (χ1v) is 6.58. The van der Waals surface area contributed by atoms with Crippen LogP contribution < -0.4 is 4.74 Å². The predicted octanol–water partition coefficient (Wildman–Crippen LogP) is 2.16. The number of rotatable bonds is 7. The number of aliphatic carboxylic acids is 1. The molecule has 116 valence electrons. The number of carbonyl (C=O) groups excluding carboxylic acids is 1. The predicted molar refractivity (Wildman–Crippen MR) is 75.6 cm³/mol. The Labute approximate surface area is 123 Å². The van der Waals surface area contributed by atoms with Crippen LogP contribution in [0.2, 0.25) is 0 Å². The van der Waals surface area contributed by atoms with Crippen molar-refractivity contribution in [2.24, 2.45) is 5.41 Å². The molecule has 0 heterocycles. The van der Waals surface area contributed by atoms with Crippen molar-refractivity contribution in [3.8, 4) is 5.75 Å². The summed E-state index contributed by atoms with van der Waals surface area (Å²) in [6.45, 7) is 3.51. The van der Waals surface area contributed by atoms with Crippen LogP contribution in [0.4, 0.5) is 4.39 Å². The number of carboxylic acid groups (broad SMARTS) is 1. The first-order valence-electron chi connectivity index (χ1n) is 6.58.